The SMILES string of the molecule is CNN(C)/C=C(\C)PC. The maximum Gasteiger partial charge on any atom is 0.0225 e. The van der Waals surface area contributed by atoms with Gasteiger partial charge in [0, 0.05) is 20.3 Å². The monoisotopic (exact) mass is 146 g/mol. The smallest absolute Gasteiger partial charge is 0.0225 e. The first-order valence-electron chi connectivity index (χ1n) is 2.97. The van der Waals surface area contributed by atoms with Crippen LogP contribution in [0.2, 0.25) is 0 Å². The normalized spacial score (nSPS) is 13.1. The highest BCUT2D eigenvalue weighted by atomic mass is 31.1. The van der Waals surface area contributed by atoms with Crippen molar-refractivity contribution >= 4 is 8.58 Å². The van der Waals surface area contributed by atoms with Crippen molar-refractivity contribution in [2.45, 2.75) is 6.92 Å². The zero-order chi connectivity index (χ0) is 7.28. The van der Waals surface area contributed by atoms with Gasteiger partial charge in [0.1, 0.15) is 0 Å². The van der Waals surface area contributed by atoms with Crippen LogP contribution < -0.4 is 5.43 Å². The molecule has 0 rings (SSSR count). The average molecular weight is 146 g/mol. The van der Waals surface area contributed by atoms with Gasteiger partial charge in [0.05, 0.1) is 0 Å². The van der Waals surface area contributed by atoms with Gasteiger partial charge in [-0.25, -0.2) is 5.43 Å². The summed E-state index contributed by atoms with van der Waals surface area (Å²) in [5.74, 6) is 0. The molecule has 0 aliphatic carbocycles. The fraction of sp³-hybridized carbons (Fsp3) is 0.667. The van der Waals surface area contributed by atoms with Crippen molar-refractivity contribution in [3.05, 3.63) is 11.5 Å². The van der Waals surface area contributed by atoms with Gasteiger partial charge in [0.15, 0.2) is 0 Å². The van der Waals surface area contributed by atoms with E-state index in [9.17, 15) is 0 Å². The summed E-state index contributed by atoms with van der Waals surface area (Å²) >= 11 is 0. The Morgan fingerprint density at radius 1 is 1.67 bits per heavy atom. The molecule has 1 atom stereocenters. The van der Waals surface area contributed by atoms with E-state index in [0.29, 0.717) is 0 Å². The maximum absolute atomic E-state index is 2.99. The fourth-order valence-electron chi connectivity index (χ4n) is 0.420. The Morgan fingerprint density at radius 2 is 2.22 bits per heavy atom. The quantitative estimate of drug-likeness (QED) is 0.475. The highest BCUT2D eigenvalue weighted by molar-refractivity contribution is 7.42. The van der Waals surface area contributed by atoms with E-state index >= 15 is 0 Å². The summed E-state index contributed by atoms with van der Waals surface area (Å²) in [5, 5.41) is 3.36. The first-order valence-corrected chi connectivity index (χ1v) is 4.47. The van der Waals surface area contributed by atoms with Crippen molar-refractivity contribution in [2.75, 3.05) is 20.8 Å². The molecule has 9 heavy (non-hydrogen) atoms. The minimum Gasteiger partial charge on any atom is -0.319 e. The highest BCUT2D eigenvalue weighted by Crippen LogP contribution is 2.16. The van der Waals surface area contributed by atoms with E-state index in [0.717, 1.165) is 8.58 Å². The predicted molar refractivity (Wildman–Crippen MR) is 44.8 cm³/mol. The molecule has 0 saturated carbocycles. The third-order valence-electron chi connectivity index (χ3n) is 1.13. The van der Waals surface area contributed by atoms with Crippen LogP contribution >= 0.6 is 8.58 Å². The summed E-state index contributed by atoms with van der Waals surface area (Å²) in [7, 11) is 4.80. The van der Waals surface area contributed by atoms with Crippen LogP contribution in [-0.2, 0) is 0 Å². The van der Waals surface area contributed by atoms with Crippen LogP contribution in [0.1, 0.15) is 6.92 Å². The number of rotatable bonds is 3. The minimum atomic E-state index is 0.907. The molecule has 1 N–H and O–H groups in total. The number of nitrogens with one attached hydrogen (secondary N) is 1. The molecule has 0 aliphatic heterocycles. The van der Waals surface area contributed by atoms with Crippen molar-refractivity contribution in [1.29, 1.82) is 0 Å². The van der Waals surface area contributed by atoms with Crippen LogP contribution in [0.25, 0.3) is 0 Å². The Kier molecular flexibility index (Phi) is 4.74. The lowest BCUT2D eigenvalue weighted by molar-refractivity contribution is 0.364. The molecule has 0 heterocycles. The fourth-order valence-corrected chi connectivity index (χ4v) is 0.742. The lowest BCUT2D eigenvalue weighted by Gasteiger charge is -2.12. The van der Waals surface area contributed by atoms with Crippen molar-refractivity contribution in [3.8, 4) is 0 Å². The zero-order valence-corrected chi connectivity index (χ0v) is 7.52. The van der Waals surface area contributed by atoms with Crippen molar-refractivity contribution in [1.82, 2.24) is 10.4 Å². The molecule has 0 aromatic rings. The van der Waals surface area contributed by atoms with Crippen LogP contribution in [0.15, 0.2) is 11.5 Å². The molecule has 0 bridgehead atoms. The van der Waals surface area contributed by atoms with Crippen molar-refractivity contribution < 1.29 is 0 Å². The molecule has 2 nitrogen and oxygen atoms in total. The van der Waals surface area contributed by atoms with Crippen LogP contribution in [0, 0.1) is 0 Å². The van der Waals surface area contributed by atoms with Crippen LogP contribution in [0.5, 0.6) is 0 Å². The number of allylic oxidation sites excluding steroid dienone is 1. The van der Waals surface area contributed by atoms with Gasteiger partial charge < -0.3 is 5.01 Å². The molecule has 0 fully saturated rings. The van der Waals surface area contributed by atoms with E-state index in [1.165, 1.54) is 5.31 Å². The number of hydrazine groups is 1. The van der Waals surface area contributed by atoms with Gasteiger partial charge in [-0.2, -0.15) is 0 Å². The molecule has 0 aromatic carbocycles. The molecular weight excluding hydrogens is 131 g/mol. The van der Waals surface area contributed by atoms with Gasteiger partial charge in [0.25, 0.3) is 0 Å². The number of hydrogen-bond acceptors (Lipinski definition) is 2. The molecule has 0 radical (unpaired) electrons. The molecule has 1 unspecified atom stereocenters. The van der Waals surface area contributed by atoms with E-state index in [1.54, 1.807) is 0 Å². The van der Waals surface area contributed by atoms with E-state index in [4.69, 9.17) is 0 Å². The third-order valence-corrected chi connectivity index (χ3v) is 2.05. The second-order valence-corrected chi connectivity index (χ2v) is 3.19. The summed E-state index contributed by atoms with van der Waals surface area (Å²) in [6.45, 7) is 4.31. The Morgan fingerprint density at radius 3 is 2.56 bits per heavy atom. The molecule has 3 heteroatoms. The van der Waals surface area contributed by atoms with Gasteiger partial charge in [-0.05, 0) is 18.9 Å². The summed E-state index contributed by atoms with van der Waals surface area (Å²) in [6.07, 6.45) is 2.10. The van der Waals surface area contributed by atoms with Gasteiger partial charge >= 0.3 is 0 Å². The maximum atomic E-state index is 2.99. The van der Waals surface area contributed by atoms with E-state index < -0.39 is 0 Å². The average Bonchev–Trinajstić information content (AvgIpc) is 1.87. The summed E-state index contributed by atoms with van der Waals surface area (Å²) in [5.41, 5.74) is 2.99. The second kappa shape index (κ2) is 4.78. The van der Waals surface area contributed by atoms with Crippen LogP contribution in [0.3, 0.4) is 0 Å². The van der Waals surface area contributed by atoms with Gasteiger partial charge in [-0.1, -0.05) is 8.58 Å². The second-order valence-electron chi connectivity index (χ2n) is 1.90. The summed E-state index contributed by atoms with van der Waals surface area (Å²) < 4.78 is 0. The van der Waals surface area contributed by atoms with Crippen molar-refractivity contribution in [3.63, 3.8) is 0 Å². The lowest BCUT2D eigenvalue weighted by Crippen LogP contribution is -2.24. The minimum absolute atomic E-state index is 0.907. The van der Waals surface area contributed by atoms with E-state index in [1.807, 2.05) is 19.1 Å². The molecule has 0 aromatic heterocycles. The number of hydrogen-bond donors (Lipinski definition) is 1. The molecular formula is C6H15N2P. The zero-order valence-electron chi connectivity index (χ0n) is 6.52. The number of nitrogens with zero attached hydrogens (tertiary/aromatic N) is 1. The van der Waals surface area contributed by atoms with Crippen LogP contribution in [0.4, 0.5) is 0 Å². The third kappa shape index (κ3) is 4.43. The van der Waals surface area contributed by atoms with E-state index in [-0.39, 0.29) is 0 Å². The molecule has 0 spiro atoms. The first-order chi connectivity index (χ1) is 4.20. The predicted octanol–water partition coefficient (Wildman–Crippen LogP) is 1.22. The topological polar surface area (TPSA) is 15.3 Å². The van der Waals surface area contributed by atoms with E-state index in [2.05, 4.69) is 25.2 Å². The largest absolute Gasteiger partial charge is 0.319 e. The Bertz CT molecular complexity index is 101. The molecule has 0 saturated heterocycles. The van der Waals surface area contributed by atoms with Gasteiger partial charge in [-0.3, -0.25) is 0 Å². The summed E-state index contributed by atoms with van der Waals surface area (Å²) in [6, 6.07) is 0. The molecule has 0 amide bonds. The Labute approximate surface area is 59.1 Å². The summed E-state index contributed by atoms with van der Waals surface area (Å²) in [4.78, 5) is 0. The molecule has 54 valence electrons. The van der Waals surface area contributed by atoms with Gasteiger partial charge in [-0.15, -0.1) is 0 Å². The van der Waals surface area contributed by atoms with Gasteiger partial charge in [0.2, 0.25) is 0 Å². The Balaban J connectivity index is 3.64. The first kappa shape index (κ1) is 8.93. The Hall–Kier alpha value is -0.0700. The highest BCUT2D eigenvalue weighted by Gasteiger charge is 1.85. The van der Waals surface area contributed by atoms with Crippen molar-refractivity contribution in [2.24, 2.45) is 0 Å². The van der Waals surface area contributed by atoms with Crippen LogP contribution in [-0.4, -0.2) is 25.8 Å². The standard InChI is InChI=1S/C6H15N2P/c1-6(9-4)5-8(3)7-2/h5,7,9H,1-4H3/b6-5+. The molecule has 0 aliphatic rings. The lowest BCUT2D eigenvalue weighted by atomic mass is 10.7.